The van der Waals surface area contributed by atoms with E-state index in [0.29, 0.717) is 19.6 Å². The number of hydrogen-bond donors (Lipinski definition) is 2. The van der Waals surface area contributed by atoms with Crippen LogP contribution in [-0.4, -0.2) is 25.7 Å². The first-order valence-corrected chi connectivity index (χ1v) is 4.33. The monoisotopic (exact) mass is 185 g/mol. The van der Waals surface area contributed by atoms with Crippen molar-refractivity contribution in [2.75, 3.05) is 19.6 Å². The minimum absolute atomic E-state index is 0.147. The fourth-order valence-electron chi connectivity index (χ4n) is 0.777. The third kappa shape index (κ3) is 8.49. The summed E-state index contributed by atoms with van der Waals surface area (Å²) in [7, 11) is 0. The molecule has 0 aromatic heterocycles. The average Bonchev–Trinajstić information content (AvgIpc) is 2.11. The van der Waals surface area contributed by atoms with Gasteiger partial charge in [0.25, 0.3) is 0 Å². The topological polar surface area (TPSA) is 89.9 Å². The first-order valence-electron chi connectivity index (χ1n) is 4.33. The highest BCUT2D eigenvalue weighted by molar-refractivity contribution is 5.73. The number of nitrogens with one attached hydrogen (secondary N) is 2. The van der Waals surface area contributed by atoms with Crippen LogP contribution in [0.3, 0.4) is 0 Å². The maximum absolute atomic E-state index is 10.8. The normalized spacial score (nSPS) is 8.69. The second-order valence-corrected chi connectivity index (χ2v) is 2.45. The van der Waals surface area contributed by atoms with Gasteiger partial charge in [-0.25, -0.2) is 4.79 Å². The molecule has 0 aliphatic carbocycles. The standard InChI is InChI=1S/C7H15N5O/c1-2-9-7(13)10-5-3-4-6-11-12-8/h2-6H2,1H3,(H2,9,10,13). The minimum atomic E-state index is -0.147. The zero-order valence-electron chi connectivity index (χ0n) is 7.79. The SMILES string of the molecule is CCNC(=O)NCCCCN=[N+]=[N-]. The van der Waals surface area contributed by atoms with Crippen molar-refractivity contribution >= 4 is 6.03 Å². The molecule has 2 N–H and O–H groups in total. The Labute approximate surface area is 77.3 Å². The van der Waals surface area contributed by atoms with Gasteiger partial charge in [0.15, 0.2) is 0 Å². The summed E-state index contributed by atoms with van der Waals surface area (Å²) in [5.41, 5.74) is 7.96. The van der Waals surface area contributed by atoms with Gasteiger partial charge < -0.3 is 10.6 Å². The molecule has 0 aliphatic rings. The molecular weight excluding hydrogens is 170 g/mol. The molecule has 0 radical (unpaired) electrons. The van der Waals surface area contributed by atoms with Crippen molar-refractivity contribution < 1.29 is 4.79 Å². The second-order valence-electron chi connectivity index (χ2n) is 2.45. The third-order valence-corrected chi connectivity index (χ3v) is 1.37. The van der Waals surface area contributed by atoms with Gasteiger partial charge in [-0.3, -0.25) is 0 Å². The zero-order valence-corrected chi connectivity index (χ0v) is 7.79. The van der Waals surface area contributed by atoms with E-state index in [1.165, 1.54) is 0 Å². The molecule has 0 aliphatic heterocycles. The second kappa shape index (κ2) is 8.67. The lowest BCUT2D eigenvalue weighted by atomic mass is 10.3. The summed E-state index contributed by atoms with van der Waals surface area (Å²) in [6.07, 6.45) is 1.63. The molecule has 0 saturated heterocycles. The molecule has 0 aromatic carbocycles. The van der Waals surface area contributed by atoms with Crippen LogP contribution in [0, 0.1) is 0 Å². The largest absolute Gasteiger partial charge is 0.338 e. The van der Waals surface area contributed by atoms with Gasteiger partial charge in [0.2, 0.25) is 0 Å². The van der Waals surface area contributed by atoms with Gasteiger partial charge in [-0.05, 0) is 25.3 Å². The fourth-order valence-corrected chi connectivity index (χ4v) is 0.777. The van der Waals surface area contributed by atoms with Gasteiger partial charge in [0, 0.05) is 24.5 Å². The van der Waals surface area contributed by atoms with E-state index in [1.807, 2.05) is 6.92 Å². The Morgan fingerprint density at radius 3 is 2.85 bits per heavy atom. The summed E-state index contributed by atoms with van der Waals surface area (Å²) in [6.45, 7) is 3.60. The Morgan fingerprint density at radius 2 is 2.23 bits per heavy atom. The van der Waals surface area contributed by atoms with Crippen LogP contribution >= 0.6 is 0 Å². The molecule has 0 saturated carbocycles. The Morgan fingerprint density at radius 1 is 1.46 bits per heavy atom. The van der Waals surface area contributed by atoms with Crippen molar-refractivity contribution in [3.05, 3.63) is 10.4 Å². The Balaban J connectivity index is 3.15. The lowest BCUT2D eigenvalue weighted by molar-refractivity contribution is 0.241. The number of amides is 2. The molecule has 2 amide bonds. The molecule has 0 heterocycles. The van der Waals surface area contributed by atoms with Gasteiger partial charge in [0.05, 0.1) is 0 Å². The van der Waals surface area contributed by atoms with Crippen molar-refractivity contribution in [2.24, 2.45) is 5.11 Å². The molecule has 13 heavy (non-hydrogen) atoms. The first kappa shape index (κ1) is 11.6. The van der Waals surface area contributed by atoms with Crippen molar-refractivity contribution in [1.82, 2.24) is 10.6 Å². The Hall–Kier alpha value is -1.42. The molecule has 0 unspecified atom stereocenters. The van der Waals surface area contributed by atoms with Gasteiger partial charge in [-0.2, -0.15) is 0 Å². The van der Waals surface area contributed by atoms with Crippen molar-refractivity contribution in [3.63, 3.8) is 0 Å². The van der Waals surface area contributed by atoms with Gasteiger partial charge in [-0.15, -0.1) is 0 Å². The third-order valence-electron chi connectivity index (χ3n) is 1.37. The summed E-state index contributed by atoms with van der Waals surface area (Å²) >= 11 is 0. The minimum Gasteiger partial charge on any atom is -0.338 e. The predicted octanol–water partition coefficient (Wildman–Crippen LogP) is 1.40. The number of nitrogens with zero attached hydrogens (tertiary/aromatic N) is 3. The number of carbonyl (C=O) groups is 1. The molecule has 0 bridgehead atoms. The number of urea groups is 1. The van der Waals surface area contributed by atoms with Crippen LogP contribution in [0.4, 0.5) is 4.79 Å². The van der Waals surface area contributed by atoms with E-state index in [9.17, 15) is 4.79 Å². The fraction of sp³-hybridized carbons (Fsp3) is 0.857. The molecule has 0 aromatic rings. The number of rotatable bonds is 6. The molecule has 6 nitrogen and oxygen atoms in total. The van der Waals surface area contributed by atoms with Crippen molar-refractivity contribution in [1.29, 1.82) is 0 Å². The van der Waals surface area contributed by atoms with E-state index in [2.05, 4.69) is 20.7 Å². The van der Waals surface area contributed by atoms with Gasteiger partial charge >= 0.3 is 6.03 Å². The van der Waals surface area contributed by atoms with Crippen LogP contribution in [0.1, 0.15) is 19.8 Å². The number of hydrogen-bond acceptors (Lipinski definition) is 2. The predicted molar refractivity (Wildman–Crippen MR) is 50.3 cm³/mol. The molecule has 0 spiro atoms. The molecule has 0 fully saturated rings. The van der Waals surface area contributed by atoms with E-state index in [4.69, 9.17) is 5.53 Å². The lowest BCUT2D eigenvalue weighted by Crippen LogP contribution is -2.35. The molecular formula is C7H15N5O. The van der Waals surface area contributed by atoms with E-state index in [-0.39, 0.29) is 6.03 Å². The van der Waals surface area contributed by atoms with Crippen LogP contribution in [-0.2, 0) is 0 Å². The Bertz CT molecular complexity index is 187. The number of carbonyl (C=O) groups excluding carboxylic acids is 1. The van der Waals surface area contributed by atoms with Crippen LogP contribution in [0.2, 0.25) is 0 Å². The maximum atomic E-state index is 10.8. The average molecular weight is 185 g/mol. The summed E-state index contributed by atoms with van der Waals surface area (Å²) < 4.78 is 0. The molecule has 6 heteroatoms. The van der Waals surface area contributed by atoms with E-state index in [1.54, 1.807) is 0 Å². The zero-order chi connectivity index (χ0) is 9.94. The first-order chi connectivity index (χ1) is 6.31. The highest BCUT2D eigenvalue weighted by atomic mass is 16.2. The van der Waals surface area contributed by atoms with Gasteiger partial charge in [-0.1, -0.05) is 5.11 Å². The summed E-state index contributed by atoms with van der Waals surface area (Å²) in [4.78, 5) is 13.5. The van der Waals surface area contributed by atoms with E-state index >= 15 is 0 Å². The molecule has 0 rings (SSSR count). The van der Waals surface area contributed by atoms with Gasteiger partial charge in [0.1, 0.15) is 0 Å². The summed E-state index contributed by atoms with van der Waals surface area (Å²) in [5, 5.41) is 8.67. The maximum Gasteiger partial charge on any atom is 0.314 e. The molecule has 74 valence electrons. The molecule has 0 atom stereocenters. The van der Waals surface area contributed by atoms with Crippen molar-refractivity contribution in [3.8, 4) is 0 Å². The lowest BCUT2D eigenvalue weighted by Gasteiger charge is -2.03. The number of azide groups is 1. The van der Waals surface area contributed by atoms with E-state index in [0.717, 1.165) is 12.8 Å². The van der Waals surface area contributed by atoms with Crippen LogP contribution in [0.5, 0.6) is 0 Å². The highest BCUT2D eigenvalue weighted by Crippen LogP contribution is 1.87. The Kier molecular flexibility index (Phi) is 7.73. The smallest absolute Gasteiger partial charge is 0.314 e. The van der Waals surface area contributed by atoms with Crippen LogP contribution in [0.25, 0.3) is 10.4 Å². The van der Waals surface area contributed by atoms with Crippen LogP contribution in [0.15, 0.2) is 5.11 Å². The quantitative estimate of drug-likeness (QED) is 0.278. The highest BCUT2D eigenvalue weighted by Gasteiger charge is 1.94. The summed E-state index contributed by atoms with van der Waals surface area (Å²) in [6, 6.07) is -0.147. The number of unbranched alkanes of at least 4 members (excludes halogenated alkanes) is 1. The van der Waals surface area contributed by atoms with Crippen molar-refractivity contribution in [2.45, 2.75) is 19.8 Å². The van der Waals surface area contributed by atoms with Crippen LogP contribution < -0.4 is 10.6 Å². The summed E-state index contributed by atoms with van der Waals surface area (Å²) in [5.74, 6) is 0. The van der Waals surface area contributed by atoms with E-state index < -0.39 is 0 Å².